The van der Waals surface area contributed by atoms with Crippen LogP contribution in [0.15, 0.2) is 41.3 Å². The van der Waals surface area contributed by atoms with E-state index < -0.39 is 5.91 Å². The number of hydrogen-bond acceptors (Lipinski definition) is 6. The first kappa shape index (κ1) is 19.8. The lowest BCUT2D eigenvalue weighted by molar-refractivity contribution is -0.115. The minimum Gasteiger partial charge on any atom is -0.493 e. The van der Waals surface area contributed by atoms with Crippen molar-refractivity contribution in [1.29, 1.82) is 0 Å². The number of methoxy groups -OCH3 is 1. The van der Waals surface area contributed by atoms with Crippen LogP contribution in [0.4, 0.5) is 4.79 Å². The van der Waals surface area contributed by atoms with E-state index in [1.807, 2.05) is 32.0 Å². The van der Waals surface area contributed by atoms with Gasteiger partial charge in [0.1, 0.15) is 19.0 Å². The average Bonchev–Trinajstić information content (AvgIpc) is 2.98. The summed E-state index contributed by atoms with van der Waals surface area (Å²) in [4.78, 5) is 23.3. The monoisotopic (exact) mass is 399 g/mol. The third-order valence-electron chi connectivity index (χ3n) is 4.12. The fourth-order valence-corrected chi connectivity index (χ4v) is 3.47. The summed E-state index contributed by atoms with van der Waals surface area (Å²) in [6.07, 6.45) is 1.64. The number of amides is 2. The van der Waals surface area contributed by atoms with Crippen molar-refractivity contribution < 1.29 is 23.8 Å². The standard InChI is InChI=1S/C21H21NO5S/c1-13-5-4-6-14(2)19(13)27-10-9-26-16-8-7-15(11-17(16)25-3)12-18-20(23)22-21(24)28-18/h4-8,11-12H,9-10H2,1-3H3,(H,22,23,24)/b18-12-. The number of thioether (sulfide) groups is 1. The average molecular weight is 399 g/mol. The summed E-state index contributed by atoms with van der Waals surface area (Å²) in [5.41, 5.74) is 2.91. The largest absolute Gasteiger partial charge is 0.493 e. The molecule has 146 valence electrons. The van der Waals surface area contributed by atoms with Crippen LogP contribution < -0.4 is 19.5 Å². The molecule has 0 radical (unpaired) electrons. The Kier molecular flexibility index (Phi) is 6.26. The lowest BCUT2D eigenvalue weighted by Gasteiger charge is -2.14. The maximum Gasteiger partial charge on any atom is 0.290 e. The van der Waals surface area contributed by atoms with Crippen LogP contribution in [0.3, 0.4) is 0 Å². The number of carbonyl (C=O) groups excluding carboxylic acids is 2. The molecule has 7 heteroatoms. The number of imide groups is 1. The number of benzene rings is 2. The highest BCUT2D eigenvalue weighted by molar-refractivity contribution is 8.18. The van der Waals surface area contributed by atoms with Gasteiger partial charge in [-0.2, -0.15) is 0 Å². The number of carbonyl (C=O) groups is 2. The molecule has 1 heterocycles. The molecule has 2 aromatic rings. The van der Waals surface area contributed by atoms with Gasteiger partial charge in [0.15, 0.2) is 11.5 Å². The minimum absolute atomic E-state index is 0.350. The highest BCUT2D eigenvalue weighted by atomic mass is 32.2. The van der Waals surface area contributed by atoms with E-state index in [9.17, 15) is 9.59 Å². The third kappa shape index (κ3) is 4.67. The summed E-state index contributed by atoms with van der Waals surface area (Å²) < 4.78 is 17.0. The summed E-state index contributed by atoms with van der Waals surface area (Å²) in [6.45, 7) is 4.78. The summed E-state index contributed by atoms with van der Waals surface area (Å²) in [7, 11) is 1.55. The van der Waals surface area contributed by atoms with Crippen molar-refractivity contribution >= 4 is 29.0 Å². The van der Waals surface area contributed by atoms with Gasteiger partial charge in [0.2, 0.25) is 0 Å². The topological polar surface area (TPSA) is 73.9 Å². The fraction of sp³-hybridized carbons (Fsp3) is 0.238. The smallest absolute Gasteiger partial charge is 0.290 e. The van der Waals surface area contributed by atoms with Crippen LogP contribution in [0.25, 0.3) is 6.08 Å². The van der Waals surface area contributed by atoms with E-state index in [1.165, 1.54) is 0 Å². The zero-order valence-electron chi connectivity index (χ0n) is 15.9. The van der Waals surface area contributed by atoms with Crippen molar-refractivity contribution in [3.8, 4) is 17.2 Å². The molecule has 0 spiro atoms. The second kappa shape index (κ2) is 8.84. The van der Waals surface area contributed by atoms with Crippen molar-refractivity contribution in [2.45, 2.75) is 13.8 Å². The Morgan fingerprint density at radius 1 is 1.00 bits per heavy atom. The Morgan fingerprint density at radius 2 is 1.71 bits per heavy atom. The number of nitrogens with one attached hydrogen (secondary N) is 1. The van der Waals surface area contributed by atoms with E-state index >= 15 is 0 Å². The summed E-state index contributed by atoms with van der Waals surface area (Å²) >= 11 is 0.876. The molecule has 2 aromatic carbocycles. The van der Waals surface area contributed by atoms with Gasteiger partial charge in [-0.15, -0.1) is 0 Å². The molecule has 1 aliphatic heterocycles. The van der Waals surface area contributed by atoms with Crippen LogP contribution in [-0.4, -0.2) is 31.5 Å². The number of aryl methyl sites for hydroxylation is 2. The van der Waals surface area contributed by atoms with Gasteiger partial charge in [0.25, 0.3) is 11.1 Å². The molecule has 2 amide bonds. The van der Waals surface area contributed by atoms with Gasteiger partial charge in [0, 0.05) is 0 Å². The first-order chi connectivity index (χ1) is 13.5. The van der Waals surface area contributed by atoms with Crippen LogP contribution in [0.2, 0.25) is 0 Å². The zero-order valence-corrected chi connectivity index (χ0v) is 16.7. The van der Waals surface area contributed by atoms with E-state index in [0.717, 1.165) is 34.2 Å². The number of para-hydroxylation sites is 1. The molecule has 3 rings (SSSR count). The summed E-state index contributed by atoms with van der Waals surface area (Å²) in [5.74, 6) is 1.60. The Balaban J connectivity index is 1.62. The molecule has 0 saturated carbocycles. The lowest BCUT2D eigenvalue weighted by Crippen LogP contribution is -2.17. The number of hydrogen-bond donors (Lipinski definition) is 1. The minimum atomic E-state index is -0.391. The predicted molar refractivity (Wildman–Crippen MR) is 109 cm³/mol. The van der Waals surface area contributed by atoms with E-state index in [0.29, 0.717) is 29.6 Å². The predicted octanol–water partition coefficient (Wildman–Crippen LogP) is 4.09. The molecule has 0 unspecified atom stereocenters. The van der Waals surface area contributed by atoms with E-state index in [-0.39, 0.29) is 5.24 Å². The van der Waals surface area contributed by atoms with E-state index in [1.54, 1.807) is 31.4 Å². The molecule has 0 aromatic heterocycles. The van der Waals surface area contributed by atoms with E-state index in [2.05, 4.69) is 5.32 Å². The van der Waals surface area contributed by atoms with Crippen LogP contribution in [0.1, 0.15) is 16.7 Å². The fourth-order valence-electron chi connectivity index (χ4n) is 2.79. The highest BCUT2D eigenvalue weighted by Crippen LogP contribution is 2.31. The van der Waals surface area contributed by atoms with Crippen LogP contribution in [-0.2, 0) is 4.79 Å². The second-order valence-electron chi connectivity index (χ2n) is 6.18. The molecule has 1 fully saturated rings. The Bertz CT molecular complexity index is 918. The van der Waals surface area contributed by atoms with Gasteiger partial charge in [-0.25, -0.2) is 0 Å². The number of ether oxygens (including phenoxy) is 3. The first-order valence-electron chi connectivity index (χ1n) is 8.72. The van der Waals surface area contributed by atoms with Gasteiger partial charge in [0.05, 0.1) is 12.0 Å². The van der Waals surface area contributed by atoms with Crippen molar-refractivity contribution in [1.82, 2.24) is 5.32 Å². The molecular weight excluding hydrogens is 378 g/mol. The van der Waals surface area contributed by atoms with Gasteiger partial charge in [-0.05, 0) is 60.5 Å². The molecule has 0 bridgehead atoms. The lowest BCUT2D eigenvalue weighted by atomic mass is 10.1. The van der Waals surface area contributed by atoms with Gasteiger partial charge in [-0.1, -0.05) is 24.3 Å². The van der Waals surface area contributed by atoms with Crippen molar-refractivity contribution in [2.24, 2.45) is 0 Å². The van der Waals surface area contributed by atoms with Gasteiger partial charge in [-0.3, -0.25) is 14.9 Å². The molecule has 6 nitrogen and oxygen atoms in total. The first-order valence-corrected chi connectivity index (χ1v) is 9.54. The van der Waals surface area contributed by atoms with Crippen LogP contribution in [0.5, 0.6) is 17.2 Å². The third-order valence-corrected chi connectivity index (χ3v) is 4.93. The highest BCUT2D eigenvalue weighted by Gasteiger charge is 2.25. The normalized spacial score (nSPS) is 14.9. The van der Waals surface area contributed by atoms with Crippen molar-refractivity contribution in [3.05, 3.63) is 58.0 Å². The van der Waals surface area contributed by atoms with Crippen LogP contribution in [0, 0.1) is 13.8 Å². The SMILES string of the molecule is COc1cc(/C=C2\SC(=O)NC2=O)ccc1OCCOc1c(C)cccc1C. The zero-order chi connectivity index (χ0) is 20.1. The molecule has 28 heavy (non-hydrogen) atoms. The Morgan fingerprint density at radius 3 is 2.36 bits per heavy atom. The van der Waals surface area contributed by atoms with Gasteiger partial charge < -0.3 is 14.2 Å². The Labute approximate surface area is 167 Å². The molecule has 0 aliphatic carbocycles. The Hall–Kier alpha value is -2.93. The maximum atomic E-state index is 11.7. The quantitative estimate of drug-likeness (QED) is 0.558. The molecule has 0 atom stereocenters. The molecule has 1 aliphatic rings. The second-order valence-corrected chi connectivity index (χ2v) is 7.20. The van der Waals surface area contributed by atoms with Crippen molar-refractivity contribution in [3.63, 3.8) is 0 Å². The molecule has 1 saturated heterocycles. The summed E-state index contributed by atoms with van der Waals surface area (Å²) in [6, 6.07) is 11.3. The number of rotatable bonds is 7. The van der Waals surface area contributed by atoms with Crippen LogP contribution >= 0.6 is 11.8 Å². The summed E-state index contributed by atoms with van der Waals surface area (Å²) in [5, 5.41) is 1.86. The van der Waals surface area contributed by atoms with Gasteiger partial charge >= 0.3 is 0 Å². The van der Waals surface area contributed by atoms with E-state index in [4.69, 9.17) is 14.2 Å². The maximum absolute atomic E-state index is 11.7. The molecular formula is C21H21NO5S. The molecule has 1 N–H and O–H groups in total. The van der Waals surface area contributed by atoms with Crippen molar-refractivity contribution in [2.75, 3.05) is 20.3 Å².